The molecule has 0 atom stereocenters. The van der Waals surface area contributed by atoms with Crippen LogP contribution in [0.15, 0.2) is 53.5 Å². The van der Waals surface area contributed by atoms with Crippen molar-refractivity contribution < 1.29 is 9.53 Å². The molecular weight excluding hydrogens is 479 g/mol. The summed E-state index contributed by atoms with van der Waals surface area (Å²) in [4.78, 5) is 15.9. The quantitative estimate of drug-likeness (QED) is 0.218. The van der Waals surface area contributed by atoms with Gasteiger partial charge in [0.25, 0.3) is 0 Å². The number of benzene rings is 2. The van der Waals surface area contributed by atoms with E-state index >= 15 is 0 Å². The van der Waals surface area contributed by atoms with Gasteiger partial charge in [0, 0.05) is 25.2 Å². The molecule has 0 fully saturated rings. The molecule has 0 saturated carbocycles. The fourth-order valence-electron chi connectivity index (χ4n) is 2.37. The number of nitrogens with one attached hydrogen (secondary N) is 3. The molecule has 2 aromatic rings. The van der Waals surface area contributed by atoms with E-state index in [4.69, 9.17) is 4.74 Å². The molecular formula is C22H31IN4O2. The SMILES string of the molecule is CN=C(NCCOc1ccc(C)cc1)NCc1ccc(NC(=O)C(C)C)cc1.I. The van der Waals surface area contributed by atoms with E-state index in [9.17, 15) is 4.79 Å². The zero-order chi connectivity index (χ0) is 20.4. The van der Waals surface area contributed by atoms with Crippen molar-refractivity contribution in [2.45, 2.75) is 27.3 Å². The standard InChI is InChI=1S/C22H30N4O2.HI/c1-16(2)21(27)26-19-9-7-18(8-10-19)15-25-22(23-4)24-13-14-28-20-11-5-17(3)6-12-20;/h5-12,16H,13-15H2,1-4H3,(H,26,27)(H2,23,24,25);1H. The summed E-state index contributed by atoms with van der Waals surface area (Å²) >= 11 is 0. The second kappa shape index (κ2) is 13.0. The van der Waals surface area contributed by atoms with E-state index in [1.807, 2.05) is 62.4 Å². The van der Waals surface area contributed by atoms with Crippen LogP contribution in [0.5, 0.6) is 5.75 Å². The molecule has 0 aromatic heterocycles. The summed E-state index contributed by atoms with van der Waals surface area (Å²) in [5, 5.41) is 9.38. The molecule has 2 aromatic carbocycles. The molecule has 158 valence electrons. The zero-order valence-electron chi connectivity index (χ0n) is 17.5. The number of aryl methyl sites for hydroxylation is 1. The summed E-state index contributed by atoms with van der Waals surface area (Å²) < 4.78 is 5.70. The van der Waals surface area contributed by atoms with Crippen molar-refractivity contribution in [3.8, 4) is 5.75 Å². The van der Waals surface area contributed by atoms with Crippen LogP contribution >= 0.6 is 24.0 Å². The van der Waals surface area contributed by atoms with E-state index in [1.165, 1.54) is 5.56 Å². The number of carbonyl (C=O) groups excluding carboxylic acids is 1. The third-order valence-corrected chi connectivity index (χ3v) is 4.11. The minimum absolute atomic E-state index is 0. The fraction of sp³-hybridized carbons (Fsp3) is 0.364. The monoisotopic (exact) mass is 510 g/mol. The number of amides is 1. The Labute approximate surface area is 190 Å². The highest BCUT2D eigenvalue weighted by Gasteiger charge is 2.06. The molecule has 0 aliphatic carbocycles. The summed E-state index contributed by atoms with van der Waals surface area (Å²) in [6.07, 6.45) is 0. The summed E-state index contributed by atoms with van der Waals surface area (Å²) in [5.74, 6) is 1.55. The molecule has 1 amide bonds. The Hall–Kier alpha value is -2.29. The Kier molecular flexibility index (Phi) is 11.1. The first kappa shape index (κ1) is 24.7. The number of hydrogen-bond acceptors (Lipinski definition) is 3. The van der Waals surface area contributed by atoms with Gasteiger partial charge in [-0.15, -0.1) is 24.0 Å². The van der Waals surface area contributed by atoms with Crippen LogP contribution in [0.25, 0.3) is 0 Å². The number of guanidine groups is 1. The van der Waals surface area contributed by atoms with Gasteiger partial charge < -0.3 is 20.7 Å². The average molecular weight is 510 g/mol. The first-order valence-electron chi connectivity index (χ1n) is 9.51. The fourth-order valence-corrected chi connectivity index (χ4v) is 2.37. The van der Waals surface area contributed by atoms with E-state index in [2.05, 4.69) is 27.9 Å². The topological polar surface area (TPSA) is 74.8 Å². The third kappa shape index (κ3) is 9.17. The number of carbonyl (C=O) groups is 1. The van der Waals surface area contributed by atoms with E-state index in [0.717, 1.165) is 17.0 Å². The van der Waals surface area contributed by atoms with Crippen LogP contribution in [-0.2, 0) is 11.3 Å². The second-order valence-corrected chi connectivity index (χ2v) is 6.85. The number of ether oxygens (including phenoxy) is 1. The predicted molar refractivity (Wildman–Crippen MR) is 130 cm³/mol. The molecule has 0 spiro atoms. The number of rotatable bonds is 8. The molecule has 0 radical (unpaired) electrons. The van der Waals surface area contributed by atoms with Crippen LogP contribution in [-0.4, -0.2) is 32.1 Å². The van der Waals surface area contributed by atoms with E-state index in [-0.39, 0.29) is 35.8 Å². The van der Waals surface area contributed by atoms with Crippen LogP contribution in [0.1, 0.15) is 25.0 Å². The number of aliphatic imine (C=N–C) groups is 1. The Balaban J connectivity index is 0.00000420. The lowest BCUT2D eigenvalue weighted by Crippen LogP contribution is -2.38. The molecule has 2 rings (SSSR count). The van der Waals surface area contributed by atoms with Crippen molar-refractivity contribution in [2.75, 3.05) is 25.5 Å². The first-order valence-corrected chi connectivity index (χ1v) is 9.51. The normalized spacial score (nSPS) is 10.9. The highest BCUT2D eigenvalue weighted by atomic mass is 127. The van der Waals surface area contributed by atoms with Crippen LogP contribution in [0.2, 0.25) is 0 Å². The predicted octanol–water partition coefficient (Wildman–Crippen LogP) is 3.95. The molecule has 0 aliphatic rings. The maximum atomic E-state index is 11.7. The highest BCUT2D eigenvalue weighted by Crippen LogP contribution is 2.11. The van der Waals surface area contributed by atoms with Gasteiger partial charge in [-0.2, -0.15) is 0 Å². The smallest absolute Gasteiger partial charge is 0.226 e. The molecule has 29 heavy (non-hydrogen) atoms. The molecule has 0 saturated heterocycles. The van der Waals surface area contributed by atoms with Gasteiger partial charge in [0.1, 0.15) is 12.4 Å². The number of anilines is 1. The molecule has 6 nitrogen and oxygen atoms in total. The van der Waals surface area contributed by atoms with Crippen molar-refractivity contribution in [1.82, 2.24) is 10.6 Å². The second-order valence-electron chi connectivity index (χ2n) is 6.85. The first-order chi connectivity index (χ1) is 13.5. The Bertz CT molecular complexity index is 774. The van der Waals surface area contributed by atoms with Gasteiger partial charge in [-0.1, -0.05) is 43.7 Å². The van der Waals surface area contributed by atoms with Crippen LogP contribution in [0.3, 0.4) is 0 Å². The Morgan fingerprint density at radius 3 is 2.28 bits per heavy atom. The van der Waals surface area contributed by atoms with Gasteiger partial charge >= 0.3 is 0 Å². The van der Waals surface area contributed by atoms with Gasteiger partial charge in [-0.3, -0.25) is 9.79 Å². The maximum Gasteiger partial charge on any atom is 0.226 e. The number of nitrogens with zero attached hydrogens (tertiary/aromatic N) is 1. The minimum Gasteiger partial charge on any atom is -0.492 e. The molecule has 3 N–H and O–H groups in total. The summed E-state index contributed by atoms with van der Waals surface area (Å²) in [6.45, 7) is 7.63. The van der Waals surface area contributed by atoms with Crippen molar-refractivity contribution in [3.05, 3.63) is 59.7 Å². The molecule has 0 heterocycles. The zero-order valence-corrected chi connectivity index (χ0v) is 19.8. The summed E-state index contributed by atoms with van der Waals surface area (Å²) in [5.41, 5.74) is 3.12. The lowest BCUT2D eigenvalue weighted by molar-refractivity contribution is -0.118. The third-order valence-electron chi connectivity index (χ3n) is 4.11. The lowest BCUT2D eigenvalue weighted by atomic mass is 10.1. The summed E-state index contributed by atoms with van der Waals surface area (Å²) in [6, 6.07) is 15.8. The van der Waals surface area contributed by atoms with Crippen LogP contribution in [0.4, 0.5) is 5.69 Å². The minimum atomic E-state index is -0.0364. The summed E-state index contributed by atoms with van der Waals surface area (Å²) in [7, 11) is 1.74. The van der Waals surface area contributed by atoms with Gasteiger partial charge in [-0.05, 0) is 36.8 Å². The molecule has 0 aliphatic heterocycles. The van der Waals surface area contributed by atoms with Crippen molar-refractivity contribution in [2.24, 2.45) is 10.9 Å². The number of halogens is 1. The van der Waals surface area contributed by atoms with Crippen molar-refractivity contribution in [1.29, 1.82) is 0 Å². The van der Waals surface area contributed by atoms with Crippen molar-refractivity contribution >= 4 is 41.5 Å². The van der Waals surface area contributed by atoms with Gasteiger partial charge in [0.05, 0.1) is 6.54 Å². The maximum absolute atomic E-state index is 11.7. The van der Waals surface area contributed by atoms with E-state index in [1.54, 1.807) is 7.05 Å². The Morgan fingerprint density at radius 2 is 1.69 bits per heavy atom. The van der Waals surface area contributed by atoms with E-state index in [0.29, 0.717) is 25.7 Å². The van der Waals surface area contributed by atoms with E-state index < -0.39 is 0 Å². The van der Waals surface area contributed by atoms with Gasteiger partial charge in [0.15, 0.2) is 5.96 Å². The average Bonchev–Trinajstić information content (AvgIpc) is 2.69. The highest BCUT2D eigenvalue weighted by molar-refractivity contribution is 14.0. The van der Waals surface area contributed by atoms with Crippen molar-refractivity contribution in [3.63, 3.8) is 0 Å². The van der Waals surface area contributed by atoms with Crippen LogP contribution < -0.4 is 20.7 Å². The Morgan fingerprint density at radius 1 is 1.03 bits per heavy atom. The molecule has 0 unspecified atom stereocenters. The number of hydrogen-bond donors (Lipinski definition) is 3. The largest absolute Gasteiger partial charge is 0.492 e. The van der Waals surface area contributed by atoms with Gasteiger partial charge in [0.2, 0.25) is 5.91 Å². The van der Waals surface area contributed by atoms with Gasteiger partial charge in [-0.25, -0.2) is 0 Å². The molecule has 7 heteroatoms. The molecule has 0 bridgehead atoms. The van der Waals surface area contributed by atoms with Crippen LogP contribution in [0, 0.1) is 12.8 Å². The lowest BCUT2D eigenvalue weighted by Gasteiger charge is -2.13.